The average Bonchev–Trinajstić information content (AvgIpc) is 3.28. The van der Waals surface area contributed by atoms with Crippen LogP contribution in [0.15, 0.2) is 30.7 Å². The molecule has 1 aromatic heterocycles. The second-order valence-corrected chi connectivity index (χ2v) is 8.79. The minimum absolute atomic E-state index is 0.0234. The molecule has 0 spiro atoms. The van der Waals surface area contributed by atoms with E-state index in [0.717, 1.165) is 0 Å². The molecular formula is C22H27ClN6O5. The largest absolute Gasteiger partial charge is 0.491 e. The zero-order valence-corrected chi connectivity index (χ0v) is 19.5. The number of imidazole rings is 1. The van der Waals surface area contributed by atoms with E-state index in [1.165, 1.54) is 24.7 Å². The van der Waals surface area contributed by atoms with E-state index in [1.807, 2.05) is 13.8 Å². The minimum Gasteiger partial charge on any atom is -0.491 e. The number of aromatic nitrogens is 2. The maximum Gasteiger partial charge on any atom is 0.255 e. The number of benzene rings is 1. The Morgan fingerprint density at radius 3 is 2.56 bits per heavy atom. The molecule has 6 N–H and O–H groups in total. The van der Waals surface area contributed by atoms with E-state index in [0.29, 0.717) is 5.69 Å². The number of primary amides is 1. The number of fused-ring (bicyclic) bond motifs is 1. The first-order valence-electron chi connectivity index (χ1n) is 10.7. The summed E-state index contributed by atoms with van der Waals surface area (Å²) in [5, 5.41) is 8.33. The Bertz CT molecular complexity index is 1060. The topological polar surface area (TPSA) is 168 Å². The van der Waals surface area contributed by atoms with Crippen molar-refractivity contribution in [2.75, 3.05) is 6.61 Å². The highest BCUT2D eigenvalue weighted by atomic mass is 35.5. The third-order valence-electron chi connectivity index (χ3n) is 5.38. The number of nitrogens with one attached hydrogen (secondary N) is 4. The summed E-state index contributed by atoms with van der Waals surface area (Å²) in [6.07, 6.45) is 2.63. The van der Waals surface area contributed by atoms with Crippen LogP contribution in [0.5, 0.6) is 5.75 Å². The van der Waals surface area contributed by atoms with Gasteiger partial charge in [-0.1, -0.05) is 25.4 Å². The van der Waals surface area contributed by atoms with Gasteiger partial charge >= 0.3 is 0 Å². The SMILES string of the molecule is CC(C)[C@H]1COc2ccc(Cl)cc2C(=O)N[C@@H](CC(N)=O)C(=O)N[C@@H](Cc2cnc[nH]2)C(=O)N1. The van der Waals surface area contributed by atoms with Gasteiger partial charge in [0.2, 0.25) is 17.7 Å². The summed E-state index contributed by atoms with van der Waals surface area (Å²) in [7, 11) is 0. The second-order valence-electron chi connectivity index (χ2n) is 8.35. The summed E-state index contributed by atoms with van der Waals surface area (Å²) in [6.45, 7) is 3.89. The van der Waals surface area contributed by atoms with Gasteiger partial charge in [0.15, 0.2) is 0 Å². The summed E-state index contributed by atoms with van der Waals surface area (Å²) in [5.74, 6) is -2.48. The number of H-pyrrole nitrogens is 1. The lowest BCUT2D eigenvalue weighted by Crippen LogP contribution is -2.57. The fourth-order valence-corrected chi connectivity index (χ4v) is 3.59. The van der Waals surface area contributed by atoms with Crippen LogP contribution in [-0.4, -0.2) is 58.3 Å². The Balaban J connectivity index is 1.99. The van der Waals surface area contributed by atoms with Crippen molar-refractivity contribution >= 4 is 35.2 Å². The van der Waals surface area contributed by atoms with Crippen LogP contribution in [-0.2, 0) is 20.8 Å². The number of aromatic amines is 1. The van der Waals surface area contributed by atoms with Crippen molar-refractivity contribution in [2.24, 2.45) is 11.7 Å². The van der Waals surface area contributed by atoms with Gasteiger partial charge in [0.1, 0.15) is 24.4 Å². The highest BCUT2D eigenvalue weighted by molar-refractivity contribution is 6.31. The maximum absolute atomic E-state index is 13.2. The van der Waals surface area contributed by atoms with Crippen LogP contribution in [0.25, 0.3) is 0 Å². The van der Waals surface area contributed by atoms with Crippen LogP contribution in [0, 0.1) is 5.92 Å². The molecule has 1 aromatic carbocycles. The fraction of sp³-hybridized carbons (Fsp3) is 0.409. The summed E-state index contributed by atoms with van der Waals surface area (Å²) in [6, 6.07) is 1.72. The summed E-state index contributed by atoms with van der Waals surface area (Å²) < 4.78 is 5.89. The van der Waals surface area contributed by atoms with Crippen LogP contribution >= 0.6 is 11.6 Å². The molecule has 1 aliphatic heterocycles. The first-order chi connectivity index (χ1) is 16.1. The Morgan fingerprint density at radius 2 is 1.91 bits per heavy atom. The molecule has 0 aliphatic carbocycles. The van der Waals surface area contributed by atoms with Crippen molar-refractivity contribution in [1.82, 2.24) is 25.9 Å². The van der Waals surface area contributed by atoms with Crippen LogP contribution in [0.3, 0.4) is 0 Å². The third-order valence-corrected chi connectivity index (χ3v) is 5.61. The van der Waals surface area contributed by atoms with Crippen molar-refractivity contribution in [3.05, 3.63) is 47.0 Å². The lowest BCUT2D eigenvalue weighted by atomic mass is 10.0. The molecule has 182 valence electrons. The van der Waals surface area contributed by atoms with Crippen molar-refractivity contribution in [3.63, 3.8) is 0 Å². The van der Waals surface area contributed by atoms with E-state index in [2.05, 4.69) is 25.9 Å². The summed E-state index contributed by atoms with van der Waals surface area (Å²) in [4.78, 5) is 57.7. The van der Waals surface area contributed by atoms with Gasteiger partial charge in [-0.05, 0) is 24.1 Å². The third kappa shape index (κ3) is 6.47. The second kappa shape index (κ2) is 11.0. The van der Waals surface area contributed by atoms with Crippen LogP contribution in [0.4, 0.5) is 0 Å². The summed E-state index contributed by atoms with van der Waals surface area (Å²) >= 11 is 6.07. The summed E-state index contributed by atoms with van der Waals surface area (Å²) in [5.41, 5.74) is 6.00. The number of hydrogen-bond donors (Lipinski definition) is 5. The molecule has 2 aromatic rings. The fourth-order valence-electron chi connectivity index (χ4n) is 3.41. The van der Waals surface area contributed by atoms with Gasteiger partial charge in [0.25, 0.3) is 5.91 Å². The molecule has 4 amide bonds. The van der Waals surface area contributed by atoms with Crippen LogP contribution < -0.4 is 26.4 Å². The molecule has 34 heavy (non-hydrogen) atoms. The van der Waals surface area contributed by atoms with E-state index in [-0.39, 0.29) is 35.3 Å². The van der Waals surface area contributed by atoms with Gasteiger partial charge < -0.3 is 31.4 Å². The first-order valence-corrected chi connectivity index (χ1v) is 11.1. The molecule has 0 radical (unpaired) electrons. The van der Waals surface area contributed by atoms with Gasteiger partial charge in [-0.3, -0.25) is 19.2 Å². The Morgan fingerprint density at radius 1 is 1.18 bits per heavy atom. The molecule has 2 heterocycles. The molecule has 1 aliphatic rings. The van der Waals surface area contributed by atoms with Gasteiger partial charge in [0.05, 0.1) is 24.4 Å². The molecule has 3 rings (SSSR count). The van der Waals surface area contributed by atoms with Crippen molar-refractivity contribution in [1.29, 1.82) is 0 Å². The number of amides is 4. The standard InChI is InChI=1S/C22H27ClN6O5/c1-11(2)17-9-34-18-4-3-12(23)5-14(18)20(31)27-16(7-19(24)30)22(33)28-15(21(32)29-17)6-13-8-25-10-26-13/h3-5,8,10-11,15-17H,6-7,9H2,1-2H3,(H2,24,30)(H,25,26)(H,27,31)(H,28,33)(H,29,32)/t15-,16-,17+/m0/s1. The molecule has 0 saturated heterocycles. The van der Waals surface area contributed by atoms with Crippen LogP contribution in [0.1, 0.15) is 36.3 Å². The number of carbonyl (C=O) groups is 4. The van der Waals surface area contributed by atoms with E-state index in [9.17, 15) is 19.2 Å². The zero-order valence-electron chi connectivity index (χ0n) is 18.8. The van der Waals surface area contributed by atoms with E-state index in [1.54, 1.807) is 6.07 Å². The van der Waals surface area contributed by atoms with E-state index in [4.69, 9.17) is 22.1 Å². The van der Waals surface area contributed by atoms with Gasteiger partial charge in [-0.2, -0.15) is 0 Å². The molecular weight excluding hydrogens is 464 g/mol. The normalized spacial score (nSPS) is 21.6. The molecule has 12 heteroatoms. The number of nitrogens with two attached hydrogens (primary N) is 1. The van der Waals surface area contributed by atoms with Gasteiger partial charge in [-0.25, -0.2) is 4.98 Å². The number of carbonyl (C=O) groups excluding carboxylic acids is 4. The van der Waals surface area contributed by atoms with Gasteiger partial charge in [0, 0.05) is 23.3 Å². The predicted molar refractivity (Wildman–Crippen MR) is 123 cm³/mol. The Labute approximate surface area is 201 Å². The molecule has 0 bridgehead atoms. The molecule has 0 unspecified atom stereocenters. The monoisotopic (exact) mass is 490 g/mol. The predicted octanol–water partition coefficient (Wildman–Crippen LogP) is 0.298. The first kappa shape index (κ1) is 25.0. The molecule has 3 atom stereocenters. The number of hydrogen-bond acceptors (Lipinski definition) is 6. The van der Waals surface area contributed by atoms with E-state index >= 15 is 0 Å². The van der Waals surface area contributed by atoms with E-state index < -0.39 is 48.2 Å². The minimum atomic E-state index is -1.32. The maximum atomic E-state index is 13.2. The number of rotatable bonds is 5. The zero-order chi connectivity index (χ0) is 24.8. The average molecular weight is 491 g/mol. The quantitative estimate of drug-likeness (QED) is 0.403. The van der Waals surface area contributed by atoms with Crippen molar-refractivity contribution in [3.8, 4) is 5.75 Å². The molecule has 0 saturated carbocycles. The van der Waals surface area contributed by atoms with Crippen molar-refractivity contribution in [2.45, 2.75) is 44.8 Å². The number of ether oxygens (including phenoxy) is 1. The molecule has 0 fully saturated rings. The lowest BCUT2D eigenvalue weighted by molar-refractivity contribution is -0.131. The van der Waals surface area contributed by atoms with Crippen LogP contribution in [0.2, 0.25) is 5.02 Å². The lowest BCUT2D eigenvalue weighted by Gasteiger charge is -2.26. The van der Waals surface area contributed by atoms with Crippen molar-refractivity contribution < 1.29 is 23.9 Å². The highest BCUT2D eigenvalue weighted by Crippen LogP contribution is 2.24. The Kier molecular flexibility index (Phi) is 8.11. The molecule has 11 nitrogen and oxygen atoms in total. The van der Waals surface area contributed by atoms with Gasteiger partial charge in [-0.15, -0.1) is 0 Å². The number of nitrogens with zero attached hydrogens (tertiary/aromatic N) is 1. The number of halogens is 1. The Hall–Kier alpha value is -3.60. The highest BCUT2D eigenvalue weighted by Gasteiger charge is 2.31. The smallest absolute Gasteiger partial charge is 0.255 e.